The molecule has 2 aromatic heterocycles. The van der Waals surface area contributed by atoms with Crippen molar-refractivity contribution in [2.24, 2.45) is 5.92 Å². The molecule has 1 N–H and O–H groups in total. The monoisotopic (exact) mass is 405 g/mol. The summed E-state index contributed by atoms with van der Waals surface area (Å²) in [7, 11) is 1.38. The smallest absolute Gasteiger partial charge is 0.257 e. The molecule has 30 heavy (non-hydrogen) atoms. The average molecular weight is 405 g/mol. The van der Waals surface area contributed by atoms with Crippen molar-refractivity contribution in [1.82, 2.24) is 10.2 Å². The lowest BCUT2D eigenvalue weighted by molar-refractivity contribution is -0.129. The molecule has 0 aliphatic rings. The highest BCUT2D eigenvalue weighted by Crippen LogP contribution is 2.29. The van der Waals surface area contributed by atoms with E-state index in [1.54, 1.807) is 55.1 Å². The molecule has 3 rings (SSSR count). The Hall–Kier alpha value is -3.79. The normalized spacial score (nSPS) is 11.7. The number of nitrogens with one attached hydrogen (secondary N) is 1. The van der Waals surface area contributed by atoms with Gasteiger partial charge in [0, 0.05) is 23.7 Å². The molecular weight excluding hydrogens is 382 g/mol. The van der Waals surface area contributed by atoms with Gasteiger partial charge in [-0.05, 0) is 54.8 Å². The maximum absolute atomic E-state index is 13.1. The highest BCUT2D eigenvalue weighted by molar-refractivity contribution is 5.99. The predicted molar refractivity (Wildman–Crippen MR) is 111 cm³/mol. The zero-order chi connectivity index (χ0) is 21.7. The Bertz CT molecular complexity index is 994. The SMILES string of the molecule is CC(C)C[C@H](NC(=O)c1cc(-c2ccco2)cc(-c2ccco2)c1)C(=O)N(C)C#N. The molecular formula is C23H23N3O4. The van der Waals surface area contributed by atoms with Gasteiger partial charge in [0.2, 0.25) is 0 Å². The van der Waals surface area contributed by atoms with Crippen LogP contribution in [0, 0.1) is 17.4 Å². The fourth-order valence-electron chi connectivity index (χ4n) is 3.15. The lowest BCUT2D eigenvalue weighted by Crippen LogP contribution is -2.46. The molecule has 0 fully saturated rings. The van der Waals surface area contributed by atoms with Crippen LogP contribution in [-0.2, 0) is 4.79 Å². The number of furan rings is 2. The van der Waals surface area contributed by atoms with Crippen molar-refractivity contribution >= 4 is 11.8 Å². The highest BCUT2D eigenvalue weighted by Gasteiger charge is 2.26. The molecule has 0 saturated carbocycles. The molecule has 0 aliphatic heterocycles. The van der Waals surface area contributed by atoms with Gasteiger partial charge in [0.15, 0.2) is 6.19 Å². The number of rotatable bonds is 7. The van der Waals surface area contributed by atoms with Gasteiger partial charge in [-0.2, -0.15) is 5.26 Å². The molecule has 1 atom stereocenters. The van der Waals surface area contributed by atoms with Crippen LogP contribution in [-0.4, -0.2) is 29.8 Å². The second kappa shape index (κ2) is 9.14. The molecule has 0 radical (unpaired) electrons. The minimum atomic E-state index is -0.804. The van der Waals surface area contributed by atoms with Crippen molar-refractivity contribution in [3.63, 3.8) is 0 Å². The second-order valence-electron chi connectivity index (χ2n) is 7.41. The van der Waals surface area contributed by atoms with Gasteiger partial charge >= 0.3 is 0 Å². The van der Waals surface area contributed by atoms with Gasteiger partial charge in [-0.15, -0.1) is 0 Å². The molecule has 0 unspecified atom stereocenters. The molecule has 1 aromatic carbocycles. The summed E-state index contributed by atoms with van der Waals surface area (Å²) in [5, 5.41) is 11.8. The van der Waals surface area contributed by atoms with Crippen molar-refractivity contribution in [2.75, 3.05) is 7.05 Å². The molecule has 0 spiro atoms. The topological polar surface area (TPSA) is 99.5 Å². The van der Waals surface area contributed by atoms with Crippen LogP contribution in [0.1, 0.15) is 30.6 Å². The van der Waals surface area contributed by atoms with Crippen molar-refractivity contribution in [1.29, 1.82) is 5.26 Å². The summed E-state index contributed by atoms with van der Waals surface area (Å²) in [6.07, 6.45) is 5.33. The molecule has 3 aromatic rings. The van der Waals surface area contributed by atoms with E-state index in [4.69, 9.17) is 14.1 Å². The number of hydrogen-bond donors (Lipinski definition) is 1. The number of hydrogen-bond acceptors (Lipinski definition) is 5. The number of amides is 2. The minimum absolute atomic E-state index is 0.152. The molecule has 2 amide bonds. The summed E-state index contributed by atoms with van der Waals surface area (Å²) in [4.78, 5) is 26.5. The van der Waals surface area contributed by atoms with Crippen molar-refractivity contribution in [3.05, 3.63) is 60.6 Å². The number of nitriles is 1. The Labute approximate surface area is 174 Å². The van der Waals surface area contributed by atoms with E-state index in [9.17, 15) is 9.59 Å². The first-order chi connectivity index (χ1) is 14.4. The number of carbonyl (C=O) groups is 2. The van der Waals surface area contributed by atoms with Crippen LogP contribution in [0.5, 0.6) is 0 Å². The van der Waals surface area contributed by atoms with Crippen LogP contribution in [0.15, 0.2) is 63.8 Å². The van der Waals surface area contributed by atoms with Crippen LogP contribution >= 0.6 is 0 Å². The van der Waals surface area contributed by atoms with Crippen molar-refractivity contribution in [2.45, 2.75) is 26.3 Å². The fourth-order valence-corrected chi connectivity index (χ4v) is 3.15. The maximum atomic E-state index is 13.1. The maximum Gasteiger partial charge on any atom is 0.257 e. The second-order valence-corrected chi connectivity index (χ2v) is 7.41. The molecule has 7 nitrogen and oxygen atoms in total. The Balaban J connectivity index is 1.95. The van der Waals surface area contributed by atoms with E-state index in [0.29, 0.717) is 34.6 Å². The quantitative estimate of drug-likeness (QED) is 0.467. The Morgan fingerprint density at radius 2 is 1.63 bits per heavy atom. The summed E-state index contributed by atoms with van der Waals surface area (Å²) in [6, 6.07) is 11.6. The molecule has 0 bridgehead atoms. The molecule has 7 heteroatoms. The first-order valence-corrected chi connectivity index (χ1v) is 9.60. The van der Waals surface area contributed by atoms with Crippen LogP contribution in [0.3, 0.4) is 0 Å². The van der Waals surface area contributed by atoms with Gasteiger partial charge in [-0.3, -0.25) is 14.5 Å². The third kappa shape index (κ3) is 4.78. The third-order valence-electron chi connectivity index (χ3n) is 4.60. The van der Waals surface area contributed by atoms with Gasteiger partial charge in [0.25, 0.3) is 11.8 Å². The number of likely N-dealkylation sites (N-methyl/N-ethyl adjacent to an activating group) is 1. The Morgan fingerprint density at radius 3 is 2.07 bits per heavy atom. The highest BCUT2D eigenvalue weighted by atomic mass is 16.3. The van der Waals surface area contributed by atoms with Gasteiger partial charge < -0.3 is 14.2 Å². The van der Waals surface area contributed by atoms with E-state index < -0.39 is 17.9 Å². The van der Waals surface area contributed by atoms with Gasteiger partial charge in [-0.1, -0.05) is 13.8 Å². The summed E-state index contributed by atoms with van der Waals surface area (Å²) in [5.74, 6) is 0.502. The molecule has 154 valence electrons. The molecule has 0 aliphatic carbocycles. The van der Waals surface area contributed by atoms with E-state index in [0.717, 1.165) is 4.90 Å². The first-order valence-electron chi connectivity index (χ1n) is 9.60. The Morgan fingerprint density at radius 1 is 1.07 bits per heavy atom. The average Bonchev–Trinajstić information content (AvgIpc) is 3.45. The predicted octanol–water partition coefficient (Wildman–Crippen LogP) is 4.29. The van der Waals surface area contributed by atoms with Crippen LogP contribution in [0.25, 0.3) is 22.6 Å². The van der Waals surface area contributed by atoms with Gasteiger partial charge in [-0.25, -0.2) is 0 Å². The van der Waals surface area contributed by atoms with Crippen LogP contribution < -0.4 is 5.32 Å². The summed E-state index contributed by atoms with van der Waals surface area (Å²) in [6.45, 7) is 3.90. The van der Waals surface area contributed by atoms with E-state index in [2.05, 4.69) is 5.32 Å². The summed E-state index contributed by atoms with van der Waals surface area (Å²) in [5.41, 5.74) is 1.77. The van der Waals surface area contributed by atoms with Crippen LogP contribution in [0.2, 0.25) is 0 Å². The third-order valence-corrected chi connectivity index (χ3v) is 4.60. The summed E-state index contributed by atoms with van der Waals surface area (Å²) >= 11 is 0. The number of carbonyl (C=O) groups excluding carboxylic acids is 2. The van der Waals surface area contributed by atoms with Crippen LogP contribution in [0.4, 0.5) is 0 Å². The van der Waals surface area contributed by atoms with E-state index in [1.165, 1.54) is 7.05 Å². The fraction of sp³-hybridized carbons (Fsp3) is 0.261. The summed E-state index contributed by atoms with van der Waals surface area (Å²) < 4.78 is 11.0. The van der Waals surface area contributed by atoms with E-state index >= 15 is 0 Å². The lowest BCUT2D eigenvalue weighted by atomic mass is 10.00. The largest absolute Gasteiger partial charge is 0.464 e. The molecule has 0 saturated heterocycles. The molecule has 2 heterocycles. The standard InChI is InChI=1S/C23H23N3O4/c1-15(2)10-19(23(28)26(3)14-24)25-22(27)18-12-16(20-6-4-8-29-20)11-17(13-18)21-7-5-9-30-21/h4-9,11-13,15,19H,10H2,1-3H3,(H,25,27)/t19-/m0/s1. The van der Waals surface area contributed by atoms with Gasteiger partial charge in [0.1, 0.15) is 17.6 Å². The minimum Gasteiger partial charge on any atom is -0.464 e. The van der Waals surface area contributed by atoms with Crippen molar-refractivity contribution in [3.8, 4) is 28.8 Å². The van der Waals surface area contributed by atoms with E-state index in [-0.39, 0.29) is 5.92 Å². The lowest BCUT2D eigenvalue weighted by Gasteiger charge is -2.22. The zero-order valence-corrected chi connectivity index (χ0v) is 17.1. The Kier molecular flexibility index (Phi) is 6.38. The number of nitrogens with zero attached hydrogens (tertiary/aromatic N) is 2. The van der Waals surface area contributed by atoms with Crippen molar-refractivity contribution < 1.29 is 18.4 Å². The van der Waals surface area contributed by atoms with E-state index in [1.807, 2.05) is 19.9 Å². The zero-order valence-electron chi connectivity index (χ0n) is 17.1. The first kappa shape index (κ1) is 20.9. The van der Waals surface area contributed by atoms with Gasteiger partial charge in [0.05, 0.1) is 12.5 Å². The number of benzene rings is 1.